The summed E-state index contributed by atoms with van der Waals surface area (Å²) in [6.45, 7) is 2.80. The first-order valence-electron chi connectivity index (χ1n) is 10.3. The van der Waals surface area contributed by atoms with E-state index >= 15 is 0 Å². The third kappa shape index (κ3) is 4.01. The van der Waals surface area contributed by atoms with Crippen molar-refractivity contribution in [2.24, 2.45) is 0 Å². The molecule has 32 heavy (non-hydrogen) atoms. The first-order chi connectivity index (χ1) is 15.5. The van der Waals surface area contributed by atoms with E-state index in [9.17, 15) is 9.18 Å². The molecule has 2 aromatic carbocycles. The SMILES string of the molecule is CCn1cc([C@@H](NC(=O)c2ccc(OC)c(OC)c2)c2ccc(F)cc2)c2ccncc21. The van der Waals surface area contributed by atoms with E-state index in [4.69, 9.17) is 9.47 Å². The van der Waals surface area contributed by atoms with Gasteiger partial charge in [-0.15, -0.1) is 0 Å². The standard InChI is InChI=1S/C25H24FN3O3/c1-4-29-15-20(19-11-12-27-14-21(19)29)24(16-5-8-18(26)9-6-16)28-25(30)17-7-10-22(31-2)23(13-17)32-3/h5-15,24H,4H2,1-3H3,(H,28,30)/t24-/m0/s1. The van der Waals surface area contributed by atoms with Gasteiger partial charge >= 0.3 is 0 Å². The van der Waals surface area contributed by atoms with Crippen molar-refractivity contribution < 1.29 is 18.7 Å². The second-order valence-electron chi connectivity index (χ2n) is 7.29. The number of halogens is 1. The fourth-order valence-electron chi connectivity index (χ4n) is 3.85. The summed E-state index contributed by atoms with van der Waals surface area (Å²) in [5.41, 5.74) is 3.07. The van der Waals surface area contributed by atoms with Crippen molar-refractivity contribution >= 4 is 16.8 Å². The van der Waals surface area contributed by atoms with Crippen LogP contribution in [-0.2, 0) is 6.54 Å². The van der Waals surface area contributed by atoms with E-state index in [1.807, 2.05) is 19.2 Å². The summed E-state index contributed by atoms with van der Waals surface area (Å²) in [5, 5.41) is 4.09. The first kappa shape index (κ1) is 21.4. The summed E-state index contributed by atoms with van der Waals surface area (Å²) in [5.74, 6) is 0.385. The van der Waals surface area contributed by atoms with Gasteiger partial charge in [0, 0.05) is 35.5 Å². The number of carbonyl (C=O) groups excluding carboxylic acids is 1. The molecule has 1 N–H and O–H groups in total. The van der Waals surface area contributed by atoms with Gasteiger partial charge in [-0.3, -0.25) is 9.78 Å². The van der Waals surface area contributed by atoms with Crippen LogP contribution in [-0.4, -0.2) is 29.7 Å². The zero-order chi connectivity index (χ0) is 22.7. The van der Waals surface area contributed by atoms with Crippen LogP contribution in [0.1, 0.15) is 34.5 Å². The van der Waals surface area contributed by atoms with Crippen LogP contribution < -0.4 is 14.8 Å². The van der Waals surface area contributed by atoms with E-state index < -0.39 is 6.04 Å². The molecule has 2 aromatic heterocycles. The summed E-state index contributed by atoms with van der Waals surface area (Å²) >= 11 is 0. The highest BCUT2D eigenvalue weighted by Gasteiger charge is 2.23. The van der Waals surface area contributed by atoms with E-state index in [0.29, 0.717) is 17.1 Å². The summed E-state index contributed by atoms with van der Waals surface area (Å²) in [6.07, 6.45) is 5.54. The lowest BCUT2D eigenvalue weighted by molar-refractivity contribution is 0.0942. The van der Waals surface area contributed by atoms with Gasteiger partial charge in [0.25, 0.3) is 5.91 Å². The minimum Gasteiger partial charge on any atom is -0.493 e. The van der Waals surface area contributed by atoms with Gasteiger partial charge in [0.1, 0.15) is 5.82 Å². The van der Waals surface area contributed by atoms with Crippen molar-refractivity contribution in [3.63, 3.8) is 0 Å². The largest absolute Gasteiger partial charge is 0.493 e. The van der Waals surface area contributed by atoms with E-state index in [0.717, 1.165) is 28.6 Å². The third-order valence-electron chi connectivity index (χ3n) is 5.49. The molecule has 0 fully saturated rings. The van der Waals surface area contributed by atoms with Crippen LogP contribution in [0.15, 0.2) is 67.1 Å². The van der Waals surface area contributed by atoms with Gasteiger partial charge in [-0.25, -0.2) is 4.39 Å². The molecule has 0 saturated carbocycles. The topological polar surface area (TPSA) is 65.4 Å². The number of hydrogen-bond donors (Lipinski definition) is 1. The molecule has 2 heterocycles. The van der Waals surface area contributed by atoms with Crippen LogP contribution in [0.2, 0.25) is 0 Å². The summed E-state index contributed by atoms with van der Waals surface area (Å²) in [4.78, 5) is 17.5. The van der Waals surface area contributed by atoms with Crippen LogP contribution in [0, 0.1) is 5.82 Å². The van der Waals surface area contributed by atoms with Gasteiger partial charge in [-0.05, 0) is 48.9 Å². The Morgan fingerprint density at radius 3 is 2.53 bits per heavy atom. The van der Waals surface area contributed by atoms with Crippen LogP contribution in [0.4, 0.5) is 4.39 Å². The van der Waals surface area contributed by atoms with Crippen molar-refractivity contribution in [3.05, 3.63) is 89.6 Å². The molecule has 0 radical (unpaired) electrons. The number of fused-ring (bicyclic) bond motifs is 1. The predicted octanol–water partition coefficient (Wildman–Crippen LogP) is 4.73. The Bertz CT molecular complexity index is 1250. The number of nitrogens with zero attached hydrogens (tertiary/aromatic N) is 2. The third-order valence-corrected chi connectivity index (χ3v) is 5.49. The summed E-state index contributed by atoms with van der Waals surface area (Å²) < 4.78 is 26.3. The number of rotatable bonds is 7. The van der Waals surface area contributed by atoms with Crippen molar-refractivity contribution in [1.29, 1.82) is 0 Å². The smallest absolute Gasteiger partial charge is 0.252 e. The molecule has 4 rings (SSSR count). The number of pyridine rings is 1. The quantitative estimate of drug-likeness (QED) is 0.458. The van der Waals surface area contributed by atoms with Crippen molar-refractivity contribution in [2.75, 3.05) is 14.2 Å². The monoisotopic (exact) mass is 433 g/mol. The fourth-order valence-corrected chi connectivity index (χ4v) is 3.85. The number of aromatic nitrogens is 2. The molecule has 1 atom stereocenters. The Morgan fingerprint density at radius 1 is 1.09 bits per heavy atom. The normalized spacial score (nSPS) is 11.9. The van der Waals surface area contributed by atoms with Crippen molar-refractivity contribution in [2.45, 2.75) is 19.5 Å². The van der Waals surface area contributed by atoms with Crippen molar-refractivity contribution in [1.82, 2.24) is 14.9 Å². The number of nitrogens with one attached hydrogen (secondary N) is 1. The average molecular weight is 433 g/mol. The molecule has 0 saturated heterocycles. The van der Waals surface area contributed by atoms with Gasteiger partial charge in [0.15, 0.2) is 11.5 Å². The maximum atomic E-state index is 13.6. The Balaban J connectivity index is 1.78. The van der Waals surface area contributed by atoms with E-state index in [-0.39, 0.29) is 11.7 Å². The Morgan fingerprint density at radius 2 is 1.84 bits per heavy atom. The molecule has 0 bridgehead atoms. The first-order valence-corrected chi connectivity index (χ1v) is 10.3. The highest BCUT2D eigenvalue weighted by molar-refractivity contribution is 5.96. The molecule has 0 aliphatic rings. The molecule has 0 unspecified atom stereocenters. The number of amides is 1. The Labute approximate surface area is 185 Å². The minimum atomic E-state index is -0.492. The second-order valence-corrected chi connectivity index (χ2v) is 7.29. The predicted molar refractivity (Wildman–Crippen MR) is 121 cm³/mol. The molecule has 0 aliphatic carbocycles. The van der Waals surface area contributed by atoms with Gasteiger partial charge < -0.3 is 19.4 Å². The zero-order valence-corrected chi connectivity index (χ0v) is 18.1. The van der Waals surface area contributed by atoms with Crippen LogP contribution >= 0.6 is 0 Å². The molecule has 4 aromatic rings. The van der Waals surface area contributed by atoms with E-state index in [2.05, 4.69) is 14.9 Å². The molecule has 6 nitrogen and oxygen atoms in total. The number of methoxy groups -OCH3 is 2. The lowest BCUT2D eigenvalue weighted by Gasteiger charge is -2.20. The van der Waals surface area contributed by atoms with E-state index in [1.165, 1.54) is 19.2 Å². The second kappa shape index (κ2) is 9.09. The van der Waals surface area contributed by atoms with Crippen LogP contribution in [0.25, 0.3) is 10.9 Å². The molecular formula is C25H24FN3O3. The molecule has 1 amide bonds. The number of hydrogen-bond acceptors (Lipinski definition) is 4. The van der Waals surface area contributed by atoms with Crippen LogP contribution in [0.3, 0.4) is 0 Å². The van der Waals surface area contributed by atoms with Gasteiger partial charge in [0.05, 0.1) is 32.0 Å². The van der Waals surface area contributed by atoms with E-state index in [1.54, 1.807) is 49.8 Å². The summed E-state index contributed by atoms with van der Waals surface area (Å²) in [7, 11) is 3.06. The number of carbonyl (C=O) groups is 1. The molecule has 0 aliphatic heterocycles. The minimum absolute atomic E-state index is 0.285. The zero-order valence-electron chi connectivity index (χ0n) is 18.1. The highest BCUT2D eigenvalue weighted by atomic mass is 19.1. The molecular weight excluding hydrogens is 409 g/mol. The average Bonchev–Trinajstić information content (AvgIpc) is 3.21. The molecule has 7 heteroatoms. The van der Waals surface area contributed by atoms with Gasteiger partial charge in [0.2, 0.25) is 0 Å². The van der Waals surface area contributed by atoms with Gasteiger partial charge in [-0.1, -0.05) is 12.1 Å². The van der Waals surface area contributed by atoms with Crippen molar-refractivity contribution in [3.8, 4) is 11.5 Å². The Hall–Kier alpha value is -3.87. The maximum Gasteiger partial charge on any atom is 0.252 e. The van der Waals surface area contributed by atoms with Crippen LogP contribution in [0.5, 0.6) is 11.5 Å². The number of benzene rings is 2. The Kier molecular flexibility index (Phi) is 6.07. The lowest BCUT2D eigenvalue weighted by atomic mass is 9.98. The highest BCUT2D eigenvalue weighted by Crippen LogP contribution is 2.32. The van der Waals surface area contributed by atoms with Gasteiger partial charge in [-0.2, -0.15) is 0 Å². The molecule has 0 spiro atoms. The fraction of sp³-hybridized carbons (Fsp3) is 0.200. The molecule has 164 valence electrons. The number of ether oxygens (including phenoxy) is 2. The lowest BCUT2D eigenvalue weighted by Crippen LogP contribution is -2.29. The summed E-state index contributed by atoms with van der Waals surface area (Å²) in [6, 6.07) is 12.6. The number of aryl methyl sites for hydroxylation is 1. The maximum absolute atomic E-state index is 13.6.